The van der Waals surface area contributed by atoms with Gasteiger partial charge in [0.2, 0.25) is 11.8 Å². The molecule has 1 aromatic heterocycles. The fraction of sp³-hybridized carbons (Fsp3) is 0.357. The third-order valence-corrected chi connectivity index (χ3v) is 6.61. The highest BCUT2D eigenvalue weighted by Crippen LogP contribution is 2.22. The lowest BCUT2D eigenvalue weighted by Gasteiger charge is -2.28. The van der Waals surface area contributed by atoms with Crippen molar-refractivity contribution in [3.63, 3.8) is 0 Å². The average Bonchev–Trinajstić information content (AvgIpc) is 3.44. The van der Waals surface area contributed by atoms with Crippen LogP contribution in [0.4, 0.5) is 19.9 Å². The van der Waals surface area contributed by atoms with Gasteiger partial charge in [-0.05, 0) is 30.9 Å². The number of hydrogen-bond donors (Lipinski definition) is 4. The first kappa shape index (κ1) is 31.4. The van der Waals surface area contributed by atoms with E-state index < -0.39 is 24.0 Å². The largest absolute Gasteiger partial charge is 0.447 e. The lowest BCUT2D eigenvalue weighted by atomic mass is 10.1. The zero-order chi connectivity index (χ0) is 29.6. The second kappa shape index (κ2) is 16.2. The minimum Gasteiger partial charge on any atom is -0.447 e. The number of urea groups is 1. The summed E-state index contributed by atoms with van der Waals surface area (Å²) in [6.07, 6.45) is 0.370. The maximum atomic E-state index is 13.8. The molecule has 0 spiro atoms. The van der Waals surface area contributed by atoms with Crippen molar-refractivity contribution in [3.05, 3.63) is 71.0 Å². The molecule has 3 aromatic rings. The van der Waals surface area contributed by atoms with Gasteiger partial charge in [-0.2, -0.15) is 0 Å². The number of aryl methyl sites for hydroxylation is 1. The first-order valence-corrected chi connectivity index (χ1v) is 13.4. The summed E-state index contributed by atoms with van der Waals surface area (Å²) in [7, 11) is 1.59. The van der Waals surface area contributed by atoms with Crippen molar-refractivity contribution in [1.29, 1.82) is 0 Å². The van der Waals surface area contributed by atoms with Crippen LogP contribution in [0.25, 0.3) is 11.3 Å². The lowest BCUT2D eigenvalue weighted by Crippen LogP contribution is -2.42. The molecule has 220 valence electrons. The highest BCUT2D eigenvalue weighted by atomic mass is 35.5. The number of nitrogens with one attached hydrogen (secondary N) is 3. The number of benzene rings is 2. The number of nitrogens with zero attached hydrogens (tertiary/aromatic N) is 2. The van der Waals surface area contributed by atoms with E-state index in [0.717, 1.165) is 5.56 Å². The maximum absolute atomic E-state index is 13.8. The Morgan fingerprint density at radius 1 is 1.12 bits per heavy atom. The molecule has 0 saturated carbocycles. The highest BCUT2D eigenvalue weighted by molar-refractivity contribution is 6.31. The van der Waals surface area contributed by atoms with E-state index in [-0.39, 0.29) is 49.4 Å². The number of aliphatic hydroxyl groups excluding tert-OH is 1. The number of aromatic nitrogens is 1. The van der Waals surface area contributed by atoms with E-state index in [1.165, 1.54) is 17.0 Å². The minimum absolute atomic E-state index is 0.0205. The summed E-state index contributed by atoms with van der Waals surface area (Å²) in [5, 5.41) is 20.4. The minimum atomic E-state index is -0.792. The number of rotatable bonds is 14. The Bertz CT molecular complexity index is 1290. The van der Waals surface area contributed by atoms with Gasteiger partial charge in [0.25, 0.3) is 0 Å². The van der Waals surface area contributed by atoms with Crippen molar-refractivity contribution >= 4 is 35.5 Å². The predicted molar refractivity (Wildman–Crippen MR) is 151 cm³/mol. The van der Waals surface area contributed by atoms with Gasteiger partial charge in [-0.1, -0.05) is 59.2 Å². The Hall–Kier alpha value is -4.16. The number of carbonyl (C=O) groups is 3. The SMILES string of the molecule is CN(C(=O)CCc1cccc(F)c1Cl)[C@@H](CCCNC(=O)NCCO)COC(=O)Nc1cc(-c2ccccc2)no1. The van der Waals surface area contributed by atoms with Crippen molar-refractivity contribution in [1.82, 2.24) is 20.7 Å². The van der Waals surface area contributed by atoms with Crippen LogP contribution in [0, 0.1) is 5.82 Å². The van der Waals surface area contributed by atoms with Crippen LogP contribution >= 0.6 is 11.6 Å². The van der Waals surface area contributed by atoms with Crippen LogP contribution in [0.3, 0.4) is 0 Å². The third-order valence-electron chi connectivity index (χ3n) is 6.19. The monoisotopic (exact) mass is 589 g/mol. The van der Waals surface area contributed by atoms with E-state index in [4.69, 9.17) is 26.0 Å². The molecule has 0 bridgehead atoms. The molecule has 1 atom stereocenters. The number of aliphatic hydroxyl groups is 1. The zero-order valence-electron chi connectivity index (χ0n) is 22.6. The quantitative estimate of drug-likeness (QED) is 0.206. The number of ether oxygens (including phenoxy) is 1. The molecule has 1 heterocycles. The van der Waals surface area contributed by atoms with E-state index in [9.17, 15) is 18.8 Å². The maximum Gasteiger partial charge on any atom is 0.414 e. The predicted octanol–water partition coefficient (Wildman–Crippen LogP) is 4.21. The molecular weight excluding hydrogens is 557 g/mol. The molecule has 11 nitrogen and oxygen atoms in total. The van der Waals surface area contributed by atoms with E-state index in [1.54, 1.807) is 19.2 Å². The number of halogens is 2. The summed E-state index contributed by atoms with van der Waals surface area (Å²) in [4.78, 5) is 38.7. The highest BCUT2D eigenvalue weighted by Gasteiger charge is 2.22. The first-order valence-electron chi connectivity index (χ1n) is 13.1. The van der Waals surface area contributed by atoms with Crippen LogP contribution < -0.4 is 16.0 Å². The second-order valence-corrected chi connectivity index (χ2v) is 9.46. The first-order chi connectivity index (χ1) is 19.8. The molecule has 0 unspecified atom stereocenters. The van der Waals surface area contributed by atoms with Gasteiger partial charge in [0.1, 0.15) is 18.1 Å². The number of amides is 4. The molecule has 0 aliphatic carbocycles. The summed E-state index contributed by atoms with van der Waals surface area (Å²) in [6, 6.07) is 14.3. The van der Waals surface area contributed by atoms with Crippen LogP contribution in [0.15, 0.2) is 59.1 Å². The Balaban J connectivity index is 1.56. The van der Waals surface area contributed by atoms with Crippen LogP contribution in [-0.2, 0) is 16.0 Å². The molecule has 0 saturated heterocycles. The molecule has 0 aliphatic heterocycles. The van der Waals surface area contributed by atoms with Crippen molar-refractivity contribution in [2.24, 2.45) is 0 Å². The lowest BCUT2D eigenvalue weighted by molar-refractivity contribution is -0.132. The van der Waals surface area contributed by atoms with Gasteiger partial charge in [0, 0.05) is 38.2 Å². The van der Waals surface area contributed by atoms with Crippen molar-refractivity contribution in [2.45, 2.75) is 31.7 Å². The Kier molecular flexibility index (Phi) is 12.4. The van der Waals surface area contributed by atoms with Crippen molar-refractivity contribution < 1.29 is 33.1 Å². The standard InChI is InChI=1S/C28H33ClFN5O6/c1-35(25(37)13-12-20-9-5-11-22(30)26(20)29)21(10-6-14-31-27(38)32-15-16-36)18-40-28(39)33-24-17-23(34-41-24)19-7-3-2-4-8-19/h2-5,7-9,11,17,21,36H,6,10,12-16,18H2,1H3,(H,33,39)(H2,31,32,38)/t21-/m0/s1. The Morgan fingerprint density at radius 2 is 1.88 bits per heavy atom. The normalized spacial score (nSPS) is 11.4. The molecule has 4 amide bonds. The summed E-state index contributed by atoms with van der Waals surface area (Å²) >= 11 is 6.02. The molecule has 3 rings (SSSR count). The second-order valence-electron chi connectivity index (χ2n) is 9.09. The molecular formula is C28H33ClFN5O6. The van der Waals surface area contributed by atoms with Gasteiger partial charge in [-0.25, -0.2) is 14.0 Å². The van der Waals surface area contributed by atoms with Crippen LogP contribution in [0.1, 0.15) is 24.8 Å². The number of likely N-dealkylation sites (N-methyl/N-ethyl adjacent to an activating group) is 1. The molecule has 41 heavy (non-hydrogen) atoms. The zero-order valence-corrected chi connectivity index (χ0v) is 23.3. The fourth-order valence-electron chi connectivity index (χ4n) is 3.91. The Morgan fingerprint density at radius 3 is 2.63 bits per heavy atom. The number of hydrogen-bond acceptors (Lipinski definition) is 7. The van der Waals surface area contributed by atoms with E-state index >= 15 is 0 Å². The molecule has 4 N–H and O–H groups in total. The Labute approximate surface area is 242 Å². The molecule has 0 aliphatic rings. The summed E-state index contributed by atoms with van der Waals surface area (Å²) in [6.45, 7) is 0.110. The van der Waals surface area contributed by atoms with Crippen LogP contribution in [-0.4, -0.2) is 72.6 Å². The topological polar surface area (TPSA) is 146 Å². The average molecular weight is 590 g/mol. The van der Waals surface area contributed by atoms with Gasteiger partial charge < -0.3 is 29.9 Å². The van der Waals surface area contributed by atoms with E-state index in [0.29, 0.717) is 30.6 Å². The summed E-state index contributed by atoms with van der Waals surface area (Å²) < 4.78 is 24.3. The number of anilines is 1. The van der Waals surface area contributed by atoms with E-state index in [1.807, 2.05) is 30.3 Å². The van der Waals surface area contributed by atoms with Crippen molar-refractivity contribution in [3.8, 4) is 11.3 Å². The van der Waals surface area contributed by atoms with E-state index in [2.05, 4.69) is 21.1 Å². The molecule has 13 heteroatoms. The summed E-state index contributed by atoms with van der Waals surface area (Å²) in [5.74, 6) is -0.712. The molecule has 2 aromatic carbocycles. The smallest absolute Gasteiger partial charge is 0.414 e. The van der Waals surface area contributed by atoms with Gasteiger partial charge in [-0.15, -0.1) is 0 Å². The van der Waals surface area contributed by atoms with Gasteiger partial charge in [0.05, 0.1) is 17.7 Å². The van der Waals surface area contributed by atoms with Crippen LogP contribution in [0.5, 0.6) is 0 Å². The number of carbonyl (C=O) groups excluding carboxylic acids is 3. The van der Waals surface area contributed by atoms with Gasteiger partial charge >= 0.3 is 12.1 Å². The third kappa shape index (κ3) is 10.1. The van der Waals surface area contributed by atoms with Gasteiger partial charge in [0.15, 0.2) is 0 Å². The van der Waals surface area contributed by atoms with Crippen LogP contribution in [0.2, 0.25) is 5.02 Å². The van der Waals surface area contributed by atoms with Crippen molar-refractivity contribution in [2.75, 3.05) is 38.7 Å². The summed E-state index contributed by atoms with van der Waals surface area (Å²) in [5.41, 5.74) is 1.87. The fourth-order valence-corrected chi connectivity index (χ4v) is 4.13. The molecule has 0 fully saturated rings. The van der Waals surface area contributed by atoms with Gasteiger partial charge in [-0.3, -0.25) is 10.1 Å². The molecule has 0 radical (unpaired) electrons.